The first-order valence-electron chi connectivity index (χ1n) is 13.0. The van der Waals surface area contributed by atoms with Crippen LogP contribution in [0.4, 0.5) is 11.4 Å². The van der Waals surface area contributed by atoms with E-state index >= 15 is 0 Å². The minimum absolute atomic E-state index is 0.00914. The SMILES string of the molecule is CCCC[C@H](CC)C(=O)Nc1cccc([C@H]2C(C(=O)Nc3ccccc3)=C(C)N=C3SCCCN32)c1. The number of benzene rings is 2. The molecule has 2 aromatic carbocycles. The number of thioether (sulfide) groups is 1. The Hall–Kier alpha value is -3.06. The van der Waals surface area contributed by atoms with Crippen LogP contribution in [0.3, 0.4) is 0 Å². The van der Waals surface area contributed by atoms with Gasteiger partial charge in [0, 0.05) is 29.6 Å². The van der Waals surface area contributed by atoms with Gasteiger partial charge in [-0.2, -0.15) is 0 Å². The molecular weight excluding hydrogens is 468 g/mol. The van der Waals surface area contributed by atoms with Gasteiger partial charge in [-0.05, 0) is 56.0 Å². The minimum Gasteiger partial charge on any atom is -0.340 e. The lowest BCUT2D eigenvalue weighted by molar-refractivity contribution is -0.120. The second-order valence-electron chi connectivity index (χ2n) is 9.37. The standard InChI is InChI=1S/C29H36N4O2S/c1-4-6-12-21(5-2)27(34)32-24-16-10-13-22(19-24)26-25(28(35)31-23-14-8-7-9-15-23)20(3)30-29-33(26)17-11-18-36-29/h7-10,13-16,19,21,26H,4-6,11-12,17-18H2,1-3H3,(H,31,35)(H,32,34)/t21-,26-/m0/s1. The third-order valence-corrected chi connectivity index (χ3v) is 7.85. The summed E-state index contributed by atoms with van der Waals surface area (Å²) in [6.45, 7) is 6.96. The van der Waals surface area contributed by atoms with Crippen LogP contribution in [0.5, 0.6) is 0 Å². The second-order valence-corrected chi connectivity index (χ2v) is 10.4. The van der Waals surface area contributed by atoms with Crippen LogP contribution in [-0.2, 0) is 9.59 Å². The average molecular weight is 505 g/mol. The van der Waals surface area contributed by atoms with Crippen molar-refractivity contribution in [3.8, 4) is 0 Å². The van der Waals surface area contributed by atoms with Crippen molar-refractivity contribution in [1.29, 1.82) is 0 Å². The molecule has 2 aliphatic rings. The predicted octanol–water partition coefficient (Wildman–Crippen LogP) is 6.60. The first kappa shape index (κ1) is 26.0. The Labute approximate surface area is 218 Å². The summed E-state index contributed by atoms with van der Waals surface area (Å²) in [6, 6.07) is 17.2. The number of aliphatic imine (C=N–C) groups is 1. The first-order chi connectivity index (χ1) is 17.5. The van der Waals surface area contributed by atoms with E-state index < -0.39 is 0 Å². The van der Waals surface area contributed by atoms with Gasteiger partial charge in [-0.3, -0.25) is 9.59 Å². The van der Waals surface area contributed by atoms with Crippen molar-refractivity contribution in [3.05, 3.63) is 71.4 Å². The molecule has 2 heterocycles. The number of amides is 2. The molecule has 36 heavy (non-hydrogen) atoms. The Morgan fingerprint density at radius 2 is 1.86 bits per heavy atom. The Bertz CT molecular complexity index is 1140. The van der Waals surface area contributed by atoms with Crippen molar-refractivity contribution in [2.75, 3.05) is 22.9 Å². The van der Waals surface area contributed by atoms with Crippen LogP contribution >= 0.6 is 11.8 Å². The van der Waals surface area contributed by atoms with Gasteiger partial charge in [0.15, 0.2) is 5.17 Å². The molecule has 0 radical (unpaired) electrons. The fourth-order valence-electron chi connectivity index (χ4n) is 4.83. The number of hydrogen-bond donors (Lipinski definition) is 2. The molecule has 4 rings (SSSR count). The fraction of sp³-hybridized carbons (Fsp3) is 0.414. The molecular formula is C29H36N4O2S. The Morgan fingerprint density at radius 1 is 1.08 bits per heavy atom. The van der Waals surface area contributed by atoms with Gasteiger partial charge >= 0.3 is 0 Å². The number of nitrogens with one attached hydrogen (secondary N) is 2. The number of carbonyl (C=O) groups excluding carboxylic acids is 2. The van der Waals surface area contributed by atoms with Gasteiger partial charge < -0.3 is 15.5 Å². The van der Waals surface area contributed by atoms with E-state index in [-0.39, 0.29) is 23.8 Å². The second kappa shape index (κ2) is 12.3. The molecule has 6 nitrogen and oxygen atoms in total. The van der Waals surface area contributed by atoms with E-state index in [0.29, 0.717) is 5.57 Å². The van der Waals surface area contributed by atoms with Crippen LogP contribution < -0.4 is 10.6 Å². The summed E-state index contributed by atoms with van der Waals surface area (Å²) in [5.41, 5.74) is 3.86. The zero-order valence-corrected chi connectivity index (χ0v) is 22.2. The summed E-state index contributed by atoms with van der Waals surface area (Å²) in [4.78, 5) is 33.6. The zero-order chi connectivity index (χ0) is 25.5. The number of amidine groups is 1. The highest BCUT2D eigenvalue weighted by Crippen LogP contribution is 2.40. The van der Waals surface area contributed by atoms with Gasteiger partial charge in [0.1, 0.15) is 0 Å². The van der Waals surface area contributed by atoms with Gasteiger partial charge in [-0.25, -0.2) is 4.99 Å². The summed E-state index contributed by atoms with van der Waals surface area (Å²) < 4.78 is 0. The number of allylic oxidation sites excluding steroid dienone is 1. The van der Waals surface area contributed by atoms with Gasteiger partial charge in [-0.1, -0.05) is 68.8 Å². The molecule has 2 aromatic rings. The number of anilines is 2. The maximum atomic E-state index is 13.6. The molecule has 190 valence electrons. The molecule has 7 heteroatoms. The van der Waals surface area contributed by atoms with Crippen LogP contribution in [0.15, 0.2) is 70.9 Å². The Kier molecular flexibility index (Phi) is 8.86. The van der Waals surface area contributed by atoms with Crippen molar-refractivity contribution in [3.63, 3.8) is 0 Å². The van der Waals surface area contributed by atoms with E-state index in [9.17, 15) is 9.59 Å². The van der Waals surface area contributed by atoms with Crippen molar-refractivity contribution in [2.24, 2.45) is 10.9 Å². The highest BCUT2D eigenvalue weighted by atomic mass is 32.2. The van der Waals surface area contributed by atoms with Crippen LogP contribution in [0.1, 0.15) is 64.5 Å². The average Bonchev–Trinajstić information content (AvgIpc) is 2.89. The summed E-state index contributed by atoms with van der Waals surface area (Å²) in [6.07, 6.45) is 4.88. The molecule has 0 aromatic heterocycles. The third kappa shape index (κ3) is 6.01. The van der Waals surface area contributed by atoms with E-state index in [4.69, 9.17) is 4.99 Å². The number of rotatable bonds is 9. The summed E-state index contributed by atoms with van der Waals surface area (Å²) >= 11 is 1.74. The van der Waals surface area contributed by atoms with Gasteiger partial charge in [0.05, 0.1) is 17.3 Å². The van der Waals surface area contributed by atoms with Crippen LogP contribution in [0, 0.1) is 5.92 Å². The van der Waals surface area contributed by atoms with E-state index in [0.717, 1.165) is 72.2 Å². The van der Waals surface area contributed by atoms with Gasteiger partial charge in [-0.15, -0.1) is 0 Å². The normalized spacial score (nSPS) is 18.2. The summed E-state index contributed by atoms with van der Waals surface area (Å²) in [5, 5.41) is 7.15. The lowest BCUT2D eigenvalue weighted by Crippen LogP contribution is -2.43. The number of unbranched alkanes of at least 4 members (excludes halogenated alkanes) is 1. The molecule has 0 bridgehead atoms. The topological polar surface area (TPSA) is 73.8 Å². The quantitative estimate of drug-likeness (QED) is 0.403. The lowest BCUT2D eigenvalue weighted by Gasteiger charge is -2.41. The van der Waals surface area contributed by atoms with Crippen molar-refractivity contribution in [1.82, 2.24) is 4.90 Å². The molecule has 0 aliphatic carbocycles. The minimum atomic E-state index is -0.270. The molecule has 2 amide bonds. The molecule has 0 saturated carbocycles. The molecule has 0 spiro atoms. The zero-order valence-electron chi connectivity index (χ0n) is 21.4. The summed E-state index contributed by atoms with van der Waals surface area (Å²) in [5.74, 6) is 0.945. The lowest BCUT2D eigenvalue weighted by atomic mass is 9.93. The Balaban J connectivity index is 1.65. The van der Waals surface area contributed by atoms with Crippen LogP contribution in [-0.4, -0.2) is 34.2 Å². The maximum Gasteiger partial charge on any atom is 0.255 e. The van der Waals surface area contributed by atoms with Crippen LogP contribution in [0.25, 0.3) is 0 Å². The number of para-hydroxylation sites is 1. The van der Waals surface area contributed by atoms with E-state index in [1.807, 2.05) is 61.5 Å². The fourth-order valence-corrected chi connectivity index (χ4v) is 5.85. The van der Waals surface area contributed by atoms with E-state index in [1.165, 1.54) is 0 Å². The molecule has 0 unspecified atom stereocenters. The first-order valence-corrected chi connectivity index (χ1v) is 14.0. The highest BCUT2D eigenvalue weighted by Gasteiger charge is 2.37. The number of carbonyl (C=O) groups is 2. The predicted molar refractivity (Wildman–Crippen MR) is 150 cm³/mol. The molecule has 2 aliphatic heterocycles. The van der Waals surface area contributed by atoms with E-state index in [1.54, 1.807) is 11.8 Å². The van der Waals surface area contributed by atoms with E-state index in [2.05, 4.69) is 29.4 Å². The molecule has 2 N–H and O–H groups in total. The highest BCUT2D eigenvalue weighted by molar-refractivity contribution is 8.13. The maximum absolute atomic E-state index is 13.6. The monoisotopic (exact) mass is 504 g/mol. The largest absolute Gasteiger partial charge is 0.340 e. The number of nitrogens with zero attached hydrogens (tertiary/aromatic N) is 2. The molecule has 2 atom stereocenters. The smallest absolute Gasteiger partial charge is 0.255 e. The molecule has 1 fully saturated rings. The van der Waals surface area contributed by atoms with Crippen LogP contribution in [0.2, 0.25) is 0 Å². The number of fused-ring (bicyclic) bond motifs is 1. The van der Waals surface area contributed by atoms with Gasteiger partial charge in [0.2, 0.25) is 5.91 Å². The van der Waals surface area contributed by atoms with Crippen molar-refractivity contribution < 1.29 is 9.59 Å². The summed E-state index contributed by atoms with van der Waals surface area (Å²) in [7, 11) is 0. The Morgan fingerprint density at radius 3 is 2.61 bits per heavy atom. The number of hydrogen-bond acceptors (Lipinski definition) is 5. The molecule has 1 saturated heterocycles. The van der Waals surface area contributed by atoms with Crippen molar-refractivity contribution >= 4 is 40.1 Å². The van der Waals surface area contributed by atoms with Crippen molar-refractivity contribution in [2.45, 2.75) is 58.9 Å². The third-order valence-electron chi connectivity index (χ3n) is 6.77. The van der Waals surface area contributed by atoms with Gasteiger partial charge in [0.25, 0.3) is 5.91 Å².